The lowest BCUT2D eigenvalue weighted by molar-refractivity contribution is -0.384. The zero-order chi connectivity index (χ0) is 22.4. The quantitative estimate of drug-likeness (QED) is 0.305. The number of hydrogen-bond acceptors (Lipinski definition) is 6. The Balaban J connectivity index is 1.75. The Bertz CT molecular complexity index is 1450. The summed E-state index contributed by atoms with van der Waals surface area (Å²) in [7, 11) is 0. The van der Waals surface area contributed by atoms with E-state index in [1.807, 2.05) is 6.07 Å². The van der Waals surface area contributed by atoms with Crippen LogP contribution in [0.1, 0.15) is 33.3 Å². The topological polar surface area (TPSA) is 107 Å². The van der Waals surface area contributed by atoms with Crippen LogP contribution >= 0.6 is 15.9 Å². The third kappa shape index (κ3) is 3.27. The van der Waals surface area contributed by atoms with Crippen molar-refractivity contribution < 1.29 is 14.1 Å². The van der Waals surface area contributed by atoms with Crippen LogP contribution < -0.4 is 5.43 Å². The molecule has 1 atom stereocenters. The van der Waals surface area contributed by atoms with Crippen LogP contribution in [0.2, 0.25) is 0 Å². The molecule has 1 aliphatic heterocycles. The normalized spacial score (nSPS) is 15.2. The first-order chi connectivity index (χ1) is 15.4. The Hall–Kier alpha value is -3.85. The molecule has 0 saturated carbocycles. The van der Waals surface area contributed by atoms with Gasteiger partial charge in [-0.3, -0.25) is 24.7 Å². The summed E-state index contributed by atoms with van der Waals surface area (Å²) in [5.74, 6) is -0.507. The minimum absolute atomic E-state index is 0.0507. The summed E-state index contributed by atoms with van der Waals surface area (Å²) in [5, 5.41) is 11.7. The van der Waals surface area contributed by atoms with Gasteiger partial charge in [-0.05, 0) is 35.4 Å². The third-order valence-corrected chi connectivity index (χ3v) is 5.89. The van der Waals surface area contributed by atoms with E-state index in [4.69, 9.17) is 4.42 Å². The van der Waals surface area contributed by atoms with Crippen molar-refractivity contribution in [2.75, 3.05) is 0 Å². The number of benzene rings is 2. The Morgan fingerprint density at radius 1 is 1.12 bits per heavy atom. The minimum atomic E-state index is -0.836. The lowest BCUT2D eigenvalue weighted by atomic mass is 9.98. The molecule has 5 rings (SSSR count). The van der Waals surface area contributed by atoms with Gasteiger partial charge in [-0.2, -0.15) is 0 Å². The van der Waals surface area contributed by atoms with Crippen molar-refractivity contribution in [3.05, 3.63) is 114 Å². The first-order valence-corrected chi connectivity index (χ1v) is 10.4. The molecule has 0 N–H and O–H groups in total. The van der Waals surface area contributed by atoms with E-state index in [1.54, 1.807) is 42.7 Å². The van der Waals surface area contributed by atoms with E-state index in [-0.39, 0.29) is 29.0 Å². The molecule has 1 aliphatic rings. The maximum absolute atomic E-state index is 13.5. The molecule has 2 aromatic heterocycles. The van der Waals surface area contributed by atoms with Crippen LogP contribution in [0.3, 0.4) is 0 Å². The van der Waals surface area contributed by atoms with Gasteiger partial charge in [0.15, 0.2) is 5.43 Å². The molecule has 8 nitrogen and oxygen atoms in total. The molecular weight excluding hydrogens is 478 g/mol. The van der Waals surface area contributed by atoms with E-state index in [1.165, 1.54) is 23.1 Å². The van der Waals surface area contributed by atoms with Crippen LogP contribution in [0.4, 0.5) is 5.69 Å². The number of carbonyl (C=O) groups excluding carboxylic acids is 1. The zero-order valence-corrected chi connectivity index (χ0v) is 18.0. The fourth-order valence-corrected chi connectivity index (χ4v) is 4.36. The average molecular weight is 492 g/mol. The van der Waals surface area contributed by atoms with Gasteiger partial charge in [-0.1, -0.05) is 34.1 Å². The number of nitro groups is 1. The summed E-state index contributed by atoms with van der Waals surface area (Å²) in [6, 6.07) is 13.7. The number of fused-ring (bicyclic) bond motifs is 2. The number of halogens is 1. The third-order valence-electron chi connectivity index (χ3n) is 5.40. The van der Waals surface area contributed by atoms with Gasteiger partial charge < -0.3 is 9.32 Å². The van der Waals surface area contributed by atoms with Crippen molar-refractivity contribution in [1.82, 2.24) is 9.88 Å². The van der Waals surface area contributed by atoms with Crippen molar-refractivity contribution in [2.24, 2.45) is 0 Å². The number of nitrogens with zero attached hydrogens (tertiary/aromatic N) is 3. The van der Waals surface area contributed by atoms with Gasteiger partial charge in [0.2, 0.25) is 5.76 Å². The smallest absolute Gasteiger partial charge is 0.291 e. The van der Waals surface area contributed by atoms with Crippen LogP contribution in [-0.4, -0.2) is 20.7 Å². The number of amides is 1. The highest BCUT2D eigenvalue weighted by molar-refractivity contribution is 9.10. The first-order valence-electron chi connectivity index (χ1n) is 9.64. The number of hydrogen-bond donors (Lipinski definition) is 0. The van der Waals surface area contributed by atoms with Crippen molar-refractivity contribution in [1.29, 1.82) is 0 Å². The lowest BCUT2D eigenvalue weighted by Crippen LogP contribution is -2.29. The first kappa shape index (κ1) is 20.1. The van der Waals surface area contributed by atoms with Crippen LogP contribution in [-0.2, 0) is 6.54 Å². The monoisotopic (exact) mass is 491 g/mol. The van der Waals surface area contributed by atoms with E-state index < -0.39 is 16.9 Å². The van der Waals surface area contributed by atoms with Crippen LogP contribution in [0.15, 0.2) is 80.7 Å². The second-order valence-electron chi connectivity index (χ2n) is 7.36. The highest BCUT2D eigenvalue weighted by Gasteiger charge is 2.43. The second-order valence-corrected chi connectivity index (χ2v) is 8.28. The largest absolute Gasteiger partial charge is 0.450 e. The Morgan fingerprint density at radius 2 is 1.97 bits per heavy atom. The molecule has 32 heavy (non-hydrogen) atoms. The van der Waals surface area contributed by atoms with E-state index in [2.05, 4.69) is 20.9 Å². The summed E-state index contributed by atoms with van der Waals surface area (Å²) in [6.07, 6.45) is 3.25. The number of pyridine rings is 1. The van der Waals surface area contributed by atoms with Gasteiger partial charge in [0.05, 0.1) is 21.9 Å². The summed E-state index contributed by atoms with van der Waals surface area (Å²) in [5.41, 5.74) is 1.20. The van der Waals surface area contributed by atoms with Crippen LogP contribution in [0.5, 0.6) is 0 Å². The average Bonchev–Trinajstić information content (AvgIpc) is 3.07. The molecule has 1 unspecified atom stereocenters. The van der Waals surface area contributed by atoms with Crippen LogP contribution in [0.25, 0.3) is 11.0 Å². The number of rotatable bonds is 4. The molecule has 0 fully saturated rings. The van der Waals surface area contributed by atoms with Gasteiger partial charge >= 0.3 is 0 Å². The maximum atomic E-state index is 13.5. The molecule has 0 aliphatic carbocycles. The Labute approximate surface area is 189 Å². The van der Waals surface area contributed by atoms with Crippen molar-refractivity contribution in [3.8, 4) is 0 Å². The number of nitro benzene ring substituents is 1. The molecule has 3 heterocycles. The highest BCUT2D eigenvalue weighted by Crippen LogP contribution is 2.40. The standard InChI is InChI=1S/C23H14BrN3O5/c24-15-6-7-18-17(10-15)21(28)19-20(14-4-1-5-16(9-14)27(30)31)26(23(29)22(19)32-18)12-13-3-2-8-25-11-13/h1-11,20H,12H2. The number of non-ortho nitro benzene ring substituents is 1. The number of carbonyl (C=O) groups is 1. The van der Waals surface area contributed by atoms with Gasteiger partial charge in [0.25, 0.3) is 11.6 Å². The summed E-state index contributed by atoms with van der Waals surface area (Å²) in [4.78, 5) is 43.3. The summed E-state index contributed by atoms with van der Waals surface area (Å²) in [6.45, 7) is 0.156. The molecule has 0 spiro atoms. The van der Waals surface area contributed by atoms with E-state index in [0.29, 0.717) is 21.0 Å². The van der Waals surface area contributed by atoms with Crippen LogP contribution in [0, 0.1) is 10.1 Å². The number of aromatic nitrogens is 1. The predicted octanol–water partition coefficient (Wildman–Crippen LogP) is 4.60. The second kappa shape index (κ2) is 7.69. The Morgan fingerprint density at radius 3 is 2.72 bits per heavy atom. The van der Waals surface area contributed by atoms with E-state index >= 15 is 0 Å². The van der Waals surface area contributed by atoms with Crippen molar-refractivity contribution in [3.63, 3.8) is 0 Å². The molecule has 0 saturated heterocycles. The summed E-state index contributed by atoms with van der Waals surface area (Å²) >= 11 is 3.36. The summed E-state index contributed by atoms with van der Waals surface area (Å²) < 4.78 is 6.58. The molecule has 0 radical (unpaired) electrons. The molecular formula is C23H14BrN3O5. The van der Waals surface area contributed by atoms with E-state index in [0.717, 1.165) is 5.56 Å². The molecule has 4 aromatic rings. The highest BCUT2D eigenvalue weighted by atomic mass is 79.9. The Kier molecular flexibility index (Phi) is 4.82. The lowest BCUT2D eigenvalue weighted by Gasteiger charge is -2.25. The fraction of sp³-hybridized carbons (Fsp3) is 0.0870. The zero-order valence-electron chi connectivity index (χ0n) is 16.4. The minimum Gasteiger partial charge on any atom is -0.450 e. The van der Waals surface area contributed by atoms with E-state index in [9.17, 15) is 19.7 Å². The van der Waals surface area contributed by atoms with Gasteiger partial charge in [-0.25, -0.2) is 0 Å². The van der Waals surface area contributed by atoms with Gasteiger partial charge in [0.1, 0.15) is 5.58 Å². The molecule has 0 bridgehead atoms. The van der Waals surface area contributed by atoms with Gasteiger partial charge in [-0.15, -0.1) is 0 Å². The molecule has 9 heteroatoms. The van der Waals surface area contributed by atoms with Gasteiger partial charge in [0, 0.05) is 35.5 Å². The molecule has 2 aromatic carbocycles. The molecule has 1 amide bonds. The molecule has 158 valence electrons. The predicted molar refractivity (Wildman–Crippen MR) is 119 cm³/mol. The van der Waals surface area contributed by atoms with Crippen molar-refractivity contribution >= 4 is 38.5 Å². The SMILES string of the molecule is O=C1c2oc3ccc(Br)cc3c(=O)c2C(c2cccc([N+](=O)[O-])c2)N1Cc1cccnc1. The van der Waals surface area contributed by atoms with Crippen molar-refractivity contribution in [2.45, 2.75) is 12.6 Å². The fourth-order valence-electron chi connectivity index (χ4n) is 4.00. The maximum Gasteiger partial charge on any atom is 0.291 e.